The average molecular weight is 258 g/mol. The van der Waals surface area contributed by atoms with Crippen LogP contribution in [0.25, 0.3) is 0 Å². The van der Waals surface area contributed by atoms with Gasteiger partial charge in [-0.25, -0.2) is 4.79 Å². The Morgan fingerprint density at radius 3 is 2.56 bits per heavy atom. The molecule has 1 aromatic rings. The van der Waals surface area contributed by atoms with Crippen molar-refractivity contribution >= 4 is 0 Å². The molecule has 1 aliphatic heterocycles. The lowest BCUT2D eigenvalue weighted by atomic mass is 10.1. The van der Waals surface area contributed by atoms with Gasteiger partial charge >= 0.3 is 5.69 Å². The molecule has 0 amide bonds. The monoisotopic (exact) mass is 258 g/mol. The Balaban J connectivity index is 2.42. The van der Waals surface area contributed by atoms with E-state index in [0.29, 0.717) is 0 Å². The van der Waals surface area contributed by atoms with Gasteiger partial charge in [0.05, 0.1) is 6.61 Å². The van der Waals surface area contributed by atoms with Crippen LogP contribution in [-0.2, 0) is 11.8 Å². The quantitative estimate of drug-likeness (QED) is 0.526. The summed E-state index contributed by atoms with van der Waals surface area (Å²) < 4.78 is 7.06. The highest BCUT2D eigenvalue weighted by Gasteiger charge is 2.43. The number of ether oxygens (including phenoxy) is 1. The van der Waals surface area contributed by atoms with E-state index in [9.17, 15) is 19.8 Å². The lowest BCUT2D eigenvalue weighted by Crippen LogP contribution is -2.41. The van der Waals surface area contributed by atoms with Crippen molar-refractivity contribution < 1.29 is 20.1 Å². The van der Waals surface area contributed by atoms with E-state index < -0.39 is 42.4 Å². The van der Waals surface area contributed by atoms with Gasteiger partial charge in [0.2, 0.25) is 0 Å². The molecule has 0 bridgehead atoms. The van der Waals surface area contributed by atoms with Gasteiger partial charge in [-0.3, -0.25) is 13.9 Å². The summed E-state index contributed by atoms with van der Waals surface area (Å²) in [6, 6.07) is 1.15. The molecule has 18 heavy (non-hydrogen) atoms. The average Bonchev–Trinajstić information content (AvgIpc) is 2.64. The molecule has 3 N–H and O–H groups in total. The van der Waals surface area contributed by atoms with Crippen molar-refractivity contribution in [2.24, 2.45) is 7.05 Å². The maximum Gasteiger partial charge on any atom is 0.332 e. The van der Waals surface area contributed by atoms with Gasteiger partial charge in [-0.15, -0.1) is 0 Å². The van der Waals surface area contributed by atoms with Crippen molar-refractivity contribution in [3.63, 3.8) is 0 Å². The Morgan fingerprint density at radius 2 is 2.00 bits per heavy atom. The van der Waals surface area contributed by atoms with Gasteiger partial charge in [0.1, 0.15) is 18.3 Å². The Labute approximate surface area is 101 Å². The van der Waals surface area contributed by atoms with Crippen molar-refractivity contribution in [2.45, 2.75) is 24.5 Å². The molecule has 0 aromatic carbocycles. The predicted octanol–water partition coefficient (Wildman–Crippen LogP) is -2.84. The van der Waals surface area contributed by atoms with Crippen LogP contribution in [0.2, 0.25) is 0 Å². The molecule has 1 saturated heterocycles. The van der Waals surface area contributed by atoms with Crippen LogP contribution in [0, 0.1) is 0 Å². The highest BCUT2D eigenvalue weighted by atomic mass is 16.6. The standard InChI is InChI=1S/C10H14N2O6/c1-11-6(14)2-3-12(10(11)17)9-8(16)7(15)5(4-13)18-9/h2-3,5,7-9,13,15-16H,4H2,1H3/t5-,7-,8+,9?/m0/s1. The smallest absolute Gasteiger partial charge is 0.332 e. The first-order valence-corrected chi connectivity index (χ1v) is 5.38. The van der Waals surface area contributed by atoms with E-state index in [1.807, 2.05) is 0 Å². The summed E-state index contributed by atoms with van der Waals surface area (Å²) in [5, 5.41) is 28.3. The lowest BCUT2D eigenvalue weighted by molar-refractivity contribution is -0.0555. The summed E-state index contributed by atoms with van der Waals surface area (Å²) in [5.74, 6) is 0. The molecule has 1 aromatic heterocycles. The summed E-state index contributed by atoms with van der Waals surface area (Å²) in [6.45, 7) is -0.477. The Hall–Kier alpha value is -1.48. The van der Waals surface area contributed by atoms with Crippen molar-refractivity contribution in [3.05, 3.63) is 33.1 Å². The second-order valence-electron chi connectivity index (χ2n) is 4.13. The van der Waals surface area contributed by atoms with Gasteiger partial charge in [-0.05, 0) is 0 Å². The number of hydrogen-bond acceptors (Lipinski definition) is 6. The number of rotatable bonds is 2. The molecule has 1 unspecified atom stereocenters. The van der Waals surface area contributed by atoms with Crippen molar-refractivity contribution in [1.82, 2.24) is 9.13 Å². The number of aromatic nitrogens is 2. The summed E-state index contributed by atoms with van der Waals surface area (Å²) in [7, 11) is 1.29. The normalized spacial score (nSPS) is 31.8. The molecular formula is C10H14N2O6. The van der Waals surface area contributed by atoms with E-state index in [1.165, 1.54) is 13.2 Å². The van der Waals surface area contributed by atoms with E-state index in [2.05, 4.69) is 0 Å². The Kier molecular flexibility index (Phi) is 3.35. The third-order valence-corrected chi connectivity index (χ3v) is 3.01. The van der Waals surface area contributed by atoms with Crippen LogP contribution < -0.4 is 11.2 Å². The zero-order valence-corrected chi connectivity index (χ0v) is 9.63. The largest absolute Gasteiger partial charge is 0.394 e. The maximum absolute atomic E-state index is 11.8. The molecule has 100 valence electrons. The molecule has 8 nitrogen and oxygen atoms in total. The van der Waals surface area contributed by atoms with Crippen LogP contribution in [0.4, 0.5) is 0 Å². The molecule has 0 radical (unpaired) electrons. The summed E-state index contributed by atoms with van der Waals surface area (Å²) in [5.41, 5.74) is -1.15. The summed E-state index contributed by atoms with van der Waals surface area (Å²) in [4.78, 5) is 23.0. The number of aliphatic hydroxyl groups excluding tert-OH is 3. The molecule has 4 atom stereocenters. The van der Waals surface area contributed by atoms with Crippen LogP contribution >= 0.6 is 0 Å². The molecule has 0 spiro atoms. The zero-order valence-electron chi connectivity index (χ0n) is 9.63. The minimum Gasteiger partial charge on any atom is -0.394 e. The SMILES string of the molecule is Cn1c(=O)ccn(C2O[C@@H](CO)[C@H](O)[C@H]2O)c1=O. The van der Waals surface area contributed by atoms with Gasteiger partial charge in [0.15, 0.2) is 6.23 Å². The number of aliphatic hydroxyl groups is 3. The summed E-state index contributed by atoms with van der Waals surface area (Å²) >= 11 is 0. The predicted molar refractivity (Wildman–Crippen MR) is 59.0 cm³/mol. The first-order chi connectivity index (χ1) is 8.47. The van der Waals surface area contributed by atoms with Crippen molar-refractivity contribution in [1.29, 1.82) is 0 Å². The highest BCUT2D eigenvalue weighted by molar-refractivity contribution is 4.93. The minimum atomic E-state index is -1.35. The fourth-order valence-corrected chi connectivity index (χ4v) is 1.89. The minimum absolute atomic E-state index is 0.477. The molecule has 0 aliphatic carbocycles. The first-order valence-electron chi connectivity index (χ1n) is 5.38. The third-order valence-electron chi connectivity index (χ3n) is 3.01. The second-order valence-corrected chi connectivity index (χ2v) is 4.13. The van der Waals surface area contributed by atoms with E-state index in [0.717, 1.165) is 15.2 Å². The van der Waals surface area contributed by atoms with Crippen LogP contribution in [0.5, 0.6) is 0 Å². The van der Waals surface area contributed by atoms with Gasteiger partial charge in [-0.2, -0.15) is 0 Å². The van der Waals surface area contributed by atoms with Crippen molar-refractivity contribution in [2.75, 3.05) is 6.61 Å². The molecule has 8 heteroatoms. The molecule has 2 rings (SSSR count). The first kappa shape index (κ1) is 13.0. The maximum atomic E-state index is 11.8. The topological polar surface area (TPSA) is 114 Å². The van der Waals surface area contributed by atoms with E-state index in [-0.39, 0.29) is 0 Å². The van der Waals surface area contributed by atoms with Gasteiger partial charge in [0.25, 0.3) is 5.56 Å². The van der Waals surface area contributed by atoms with Crippen LogP contribution in [0.3, 0.4) is 0 Å². The lowest BCUT2D eigenvalue weighted by Gasteiger charge is -2.17. The third kappa shape index (κ3) is 1.89. The van der Waals surface area contributed by atoms with Crippen LogP contribution in [-0.4, -0.2) is 49.4 Å². The summed E-state index contributed by atoms with van der Waals surface area (Å²) in [6.07, 6.45) is -3.54. The fourth-order valence-electron chi connectivity index (χ4n) is 1.89. The number of nitrogens with zero attached hydrogens (tertiary/aromatic N) is 2. The molecule has 1 fully saturated rings. The van der Waals surface area contributed by atoms with Crippen LogP contribution in [0.1, 0.15) is 6.23 Å². The van der Waals surface area contributed by atoms with Crippen molar-refractivity contribution in [3.8, 4) is 0 Å². The Bertz CT molecular complexity index is 550. The zero-order chi connectivity index (χ0) is 13.4. The molecule has 1 aliphatic rings. The van der Waals surface area contributed by atoms with E-state index in [1.54, 1.807) is 0 Å². The molecular weight excluding hydrogens is 244 g/mol. The second kappa shape index (κ2) is 4.65. The number of hydrogen-bond donors (Lipinski definition) is 3. The molecule has 0 saturated carbocycles. The van der Waals surface area contributed by atoms with E-state index in [4.69, 9.17) is 9.84 Å². The fraction of sp³-hybridized carbons (Fsp3) is 0.600. The highest BCUT2D eigenvalue weighted by Crippen LogP contribution is 2.27. The Morgan fingerprint density at radius 1 is 1.33 bits per heavy atom. The van der Waals surface area contributed by atoms with Gasteiger partial charge in [0, 0.05) is 19.3 Å². The van der Waals surface area contributed by atoms with E-state index >= 15 is 0 Å². The van der Waals surface area contributed by atoms with Gasteiger partial charge < -0.3 is 20.1 Å². The van der Waals surface area contributed by atoms with Gasteiger partial charge in [-0.1, -0.05) is 0 Å². The molecule has 2 heterocycles. The van der Waals surface area contributed by atoms with Crippen LogP contribution in [0.15, 0.2) is 21.9 Å².